The number of methoxy groups -OCH3 is 3. The number of hydrogen-bond donors (Lipinski definition) is 1. The number of aromatic nitrogens is 2. The zero-order valence-corrected chi connectivity index (χ0v) is 19.4. The summed E-state index contributed by atoms with van der Waals surface area (Å²) in [6, 6.07) is 11.7. The number of rotatable bonds is 7. The fourth-order valence-electron chi connectivity index (χ4n) is 3.49. The second-order valence-electron chi connectivity index (χ2n) is 7.25. The van der Waals surface area contributed by atoms with E-state index in [0.717, 1.165) is 11.1 Å². The maximum Gasteiger partial charge on any atom is 0.263 e. The number of hydrogen-bond acceptors (Lipinski definition) is 7. The number of carbonyl (C=O) groups is 1. The van der Waals surface area contributed by atoms with Crippen LogP contribution in [0, 0.1) is 0 Å². The molecule has 2 aromatic heterocycles. The lowest BCUT2D eigenvalue weighted by Crippen LogP contribution is -2.31. The molecule has 33 heavy (non-hydrogen) atoms. The highest BCUT2D eigenvalue weighted by Crippen LogP contribution is 2.36. The Morgan fingerprint density at radius 3 is 2.42 bits per heavy atom. The van der Waals surface area contributed by atoms with E-state index >= 15 is 0 Å². The molecule has 170 valence electrons. The van der Waals surface area contributed by atoms with E-state index in [9.17, 15) is 9.59 Å². The molecule has 1 amide bonds. The molecule has 0 saturated carbocycles. The summed E-state index contributed by atoms with van der Waals surface area (Å²) >= 11 is 1.37. The van der Waals surface area contributed by atoms with Crippen molar-refractivity contribution in [2.24, 2.45) is 0 Å². The molecule has 1 atom stereocenters. The SMILES string of the molecule is COc1ccc(NC(=O)[C@@H](C)n2cnc3scc(-c4ccc(OC)c(OC)c4)c3c2=O)cc1. The van der Waals surface area contributed by atoms with E-state index in [-0.39, 0.29) is 11.5 Å². The van der Waals surface area contributed by atoms with Gasteiger partial charge in [0.2, 0.25) is 5.91 Å². The summed E-state index contributed by atoms with van der Waals surface area (Å²) in [4.78, 5) is 31.3. The van der Waals surface area contributed by atoms with Gasteiger partial charge in [-0.15, -0.1) is 11.3 Å². The third kappa shape index (κ3) is 4.27. The average molecular weight is 466 g/mol. The number of fused-ring (bicyclic) bond motifs is 1. The van der Waals surface area contributed by atoms with Gasteiger partial charge >= 0.3 is 0 Å². The van der Waals surface area contributed by atoms with Gasteiger partial charge in [-0.3, -0.25) is 14.2 Å². The molecule has 2 aromatic carbocycles. The van der Waals surface area contributed by atoms with Crippen LogP contribution < -0.4 is 25.1 Å². The minimum Gasteiger partial charge on any atom is -0.497 e. The van der Waals surface area contributed by atoms with Gasteiger partial charge in [-0.2, -0.15) is 0 Å². The maximum absolute atomic E-state index is 13.4. The predicted octanol–water partition coefficient (Wildman–Crippen LogP) is 4.35. The molecule has 0 aliphatic rings. The van der Waals surface area contributed by atoms with Crippen LogP contribution in [-0.4, -0.2) is 36.8 Å². The van der Waals surface area contributed by atoms with Gasteiger partial charge in [-0.1, -0.05) is 6.07 Å². The predicted molar refractivity (Wildman–Crippen MR) is 129 cm³/mol. The number of thiophene rings is 1. The Labute approximate surface area is 194 Å². The van der Waals surface area contributed by atoms with Crippen LogP contribution in [0.5, 0.6) is 17.2 Å². The van der Waals surface area contributed by atoms with Crippen LogP contribution in [0.15, 0.2) is 59.0 Å². The largest absolute Gasteiger partial charge is 0.497 e. The standard InChI is InChI=1S/C24H23N3O5S/c1-14(22(28)26-16-6-8-17(30-2)9-7-16)27-13-25-23-21(24(27)29)18(12-33-23)15-5-10-19(31-3)20(11-15)32-4/h5-14H,1-4H3,(H,26,28)/t14-/m1/s1. The van der Waals surface area contributed by atoms with Crippen LogP contribution in [0.3, 0.4) is 0 Å². The minimum absolute atomic E-state index is 0.289. The van der Waals surface area contributed by atoms with Crippen molar-refractivity contribution in [3.63, 3.8) is 0 Å². The molecule has 0 spiro atoms. The monoisotopic (exact) mass is 465 g/mol. The van der Waals surface area contributed by atoms with Crippen molar-refractivity contribution in [2.45, 2.75) is 13.0 Å². The smallest absolute Gasteiger partial charge is 0.263 e. The molecule has 0 saturated heterocycles. The van der Waals surface area contributed by atoms with Gasteiger partial charge in [0.15, 0.2) is 11.5 Å². The van der Waals surface area contributed by atoms with Crippen LogP contribution in [-0.2, 0) is 4.79 Å². The first kappa shape index (κ1) is 22.3. The Kier molecular flexibility index (Phi) is 6.32. The number of nitrogens with one attached hydrogen (secondary N) is 1. The first-order valence-electron chi connectivity index (χ1n) is 10.1. The molecule has 9 heteroatoms. The van der Waals surface area contributed by atoms with E-state index in [0.29, 0.717) is 33.2 Å². The molecule has 1 N–H and O–H groups in total. The molecule has 0 fully saturated rings. The second kappa shape index (κ2) is 9.33. The fourth-order valence-corrected chi connectivity index (χ4v) is 4.39. The molecule has 4 rings (SSSR count). The highest BCUT2D eigenvalue weighted by molar-refractivity contribution is 7.17. The summed E-state index contributed by atoms with van der Waals surface area (Å²) in [6.45, 7) is 1.66. The summed E-state index contributed by atoms with van der Waals surface area (Å²) in [5.41, 5.74) is 1.84. The van der Waals surface area contributed by atoms with Crippen molar-refractivity contribution in [2.75, 3.05) is 26.6 Å². The number of benzene rings is 2. The Balaban J connectivity index is 1.69. The zero-order chi connectivity index (χ0) is 23.5. The van der Waals surface area contributed by atoms with Gasteiger partial charge in [-0.25, -0.2) is 4.98 Å². The molecule has 2 heterocycles. The van der Waals surface area contributed by atoms with E-state index in [1.165, 1.54) is 22.2 Å². The van der Waals surface area contributed by atoms with E-state index in [2.05, 4.69) is 10.3 Å². The van der Waals surface area contributed by atoms with Crippen LogP contribution in [0.2, 0.25) is 0 Å². The molecule has 0 aliphatic heterocycles. The third-order valence-electron chi connectivity index (χ3n) is 5.37. The van der Waals surface area contributed by atoms with Crippen LogP contribution in [0.4, 0.5) is 5.69 Å². The molecule has 8 nitrogen and oxygen atoms in total. The average Bonchev–Trinajstić information content (AvgIpc) is 3.29. The van der Waals surface area contributed by atoms with Gasteiger partial charge in [0, 0.05) is 16.6 Å². The van der Waals surface area contributed by atoms with Crippen molar-refractivity contribution >= 4 is 33.1 Å². The van der Waals surface area contributed by atoms with Gasteiger partial charge < -0.3 is 19.5 Å². The highest BCUT2D eigenvalue weighted by Gasteiger charge is 2.21. The zero-order valence-electron chi connectivity index (χ0n) is 18.6. The van der Waals surface area contributed by atoms with E-state index in [1.54, 1.807) is 58.6 Å². The molecule has 0 aliphatic carbocycles. The van der Waals surface area contributed by atoms with Crippen LogP contribution in [0.1, 0.15) is 13.0 Å². The van der Waals surface area contributed by atoms with Crippen molar-refractivity contribution in [1.29, 1.82) is 0 Å². The van der Waals surface area contributed by atoms with E-state index < -0.39 is 6.04 Å². The number of ether oxygens (including phenoxy) is 3. The molecule has 0 bridgehead atoms. The fraction of sp³-hybridized carbons (Fsp3) is 0.208. The molecule has 4 aromatic rings. The summed E-state index contributed by atoms with van der Waals surface area (Å²) in [5, 5.41) is 5.16. The first-order valence-corrected chi connectivity index (χ1v) is 11.0. The molecular formula is C24H23N3O5S. The first-order chi connectivity index (χ1) is 16.0. The minimum atomic E-state index is -0.769. The van der Waals surface area contributed by atoms with Gasteiger partial charge in [0.05, 0.1) is 33.0 Å². The summed E-state index contributed by atoms with van der Waals surface area (Å²) in [6.07, 6.45) is 1.41. The van der Waals surface area contributed by atoms with Gasteiger partial charge in [-0.05, 0) is 48.9 Å². The van der Waals surface area contributed by atoms with E-state index in [4.69, 9.17) is 14.2 Å². The maximum atomic E-state index is 13.4. The van der Waals surface area contributed by atoms with Crippen molar-refractivity contribution in [1.82, 2.24) is 9.55 Å². The van der Waals surface area contributed by atoms with E-state index in [1.807, 2.05) is 17.5 Å². The number of carbonyl (C=O) groups excluding carboxylic acids is 1. The second-order valence-corrected chi connectivity index (χ2v) is 8.11. The summed E-state index contributed by atoms with van der Waals surface area (Å²) in [7, 11) is 4.70. The van der Waals surface area contributed by atoms with Crippen molar-refractivity contribution < 1.29 is 19.0 Å². The number of anilines is 1. The van der Waals surface area contributed by atoms with Gasteiger partial charge in [0.25, 0.3) is 5.56 Å². The lowest BCUT2D eigenvalue weighted by Gasteiger charge is -2.15. The third-order valence-corrected chi connectivity index (χ3v) is 6.25. The van der Waals surface area contributed by atoms with Crippen LogP contribution >= 0.6 is 11.3 Å². The Bertz CT molecular complexity index is 1360. The highest BCUT2D eigenvalue weighted by atomic mass is 32.1. The number of amides is 1. The van der Waals surface area contributed by atoms with Gasteiger partial charge in [0.1, 0.15) is 16.6 Å². The van der Waals surface area contributed by atoms with Crippen molar-refractivity contribution in [3.8, 4) is 28.4 Å². The summed E-state index contributed by atoms with van der Waals surface area (Å²) < 4.78 is 17.2. The molecular weight excluding hydrogens is 442 g/mol. The Hall–Kier alpha value is -3.85. The lowest BCUT2D eigenvalue weighted by molar-refractivity contribution is -0.118. The molecule has 0 radical (unpaired) electrons. The normalized spacial score (nSPS) is 11.8. The van der Waals surface area contributed by atoms with Crippen molar-refractivity contribution in [3.05, 3.63) is 64.5 Å². The Morgan fingerprint density at radius 2 is 1.76 bits per heavy atom. The lowest BCUT2D eigenvalue weighted by atomic mass is 10.1. The Morgan fingerprint density at radius 1 is 1.03 bits per heavy atom. The van der Waals surface area contributed by atoms with Crippen LogP contribution in [0.25, 0.3) is 21.3 Å². The number of nitrogens with zero attached hydrogens (tertiary/aromatic N) is 2. The quantitative estimate of drug-likeness (QED) is 0.436. The molecule has 0 unspecified atom stereocenters. The topological polar surface area (TPSA) is 91.7 Å². The summed E-state index contributed by atoms with van der Waals surface area (Å²) in [5.74, 6) is 1.52.